The van der Waals surface area contributed by atoms with Gasteiger partial charge in [0.15, 0.2) is 0 Å². The van der Waals surface area contributed by atoms with Crippen LogP contribution in [0.4, 0.5) is 0 Å². The average molecular weight is 319 g/mol. The lowest BCUT2D eigenvalue weighted by molar-refractivity contribution is 0.0993. The number of rotatable bonds is 5. The van der Waals surface area contributed by atoms with Gasteiger partial charge in [-0.15, -0.1) is 0 Å². The van der Waals surface area contributed by atoms with E-state index in [1.54, 1.807) is 11.1 Å². The number of hydrogen-bond donors (Lipinski definition) is 0. The van der Waals surface area contributed by atoms with Crippen LogP contribution >= 0.6 is 0 Å². The number of unbranched alkanes of at least 4 members (excludes halogenated alkanes) is 1. The van der Waals surface area contributed by atoms with Crippen molar-refractivity contribution in [2.75, 3.05) is 13.1 Å². The van der Waals surface area contributed by atoms with Crippen LogP contribution in [-0.4, -0.2) is 24.0 Å². The molecule has 5 rings (SSSR count). The van der Waals surface area contributed by atoms with Crippen LogP contribution in [0.3, 0.4) is 0 Å². The predicted molar refractivity (Wildman–Crippen MR) is 101 cm³/mol. The second-order valence-electron chi connectivity index (χ2n) is 7.71. The smallest absolute Gasteiger partial charge is 0.0136 e. The molecule has 2 aliphatic heterocycles. The molecule has 2 aromatic rings. The zero-order chi connectivity index (χ0) is 16.2. The Kier molecular flexibility index (Phi) is 4.99. The number of hydrogen-bond acceptors (Lipinski definition) is 1. The van der Waals surface area contributed by atoms with Gasteiger partial charge in [0.05, 0.1) is 0 Å². The molecule has 126 valence electrons. The molecule has 2 aromatic carbocycles. The number of aryl methyl sites for hydroxylation is 1. The summed E-state index contributed by atoms with van der Waals surface area (Å²) in [5, 5.41) is 0. The lowest BCUT2D eigenvalue weighted by Gasteiger charge is -2.42. The van der Waals surface area contributed by atoms with E-state index in [4.69, 9.17) is 0 Å². The van der Waals surface area contributed by atoms with Gasteiger partial charge in [0.1, 0.15) is 0 Å². The number of fused-ring (bicyclic) bond motifs is 2. The highest BCUT2D eigenvalue weighted by Gasteiger charge is 2.31. The summed E-state index contributed by atoms with van der Waals surface area (Å²) in [7, 11) is 0. The first-order valence-electron chi connectivity index (χ1n) is 9.73. The molecule has 1 saturated heterocycles. The average Bonchev–Trinajstić information content (AvgIpc) is 2.60. The molecule has 0 amide bonds. The maximum atomic E-state index is 2.81. The van der Waals surface area contributed by atoms with E-state index in [2.05, 4.69) is 59.5 Å². The van der Waals surface area contributed by atoms with Crippen molar-refractivity contribution in [2.45, 2.75) is 51.0 Å². The van der Waals surface area contributed by atoms with Gasteiger partial charge in [-0.2, -0.15) is 0 Å². The van der Waals surface area contributed by atoms with E-state index in [0.717, 1.165) is 12.0 Å². The van der Waals surface area contributed by atoms with E-state index in [9.17, 15) is 0 Å². The van der Waals surface area contributed by atoms with Crippen molar-refractivity contribution in [2.24, 2.45) is 5.92 Å². The molecule has 0 saturated carbocycles. The third kappa shape index (κ3) is 3.72. The molecule has 1 aliphatic carbocycles. The van der Waals surface area contributed by atoms with E-state index in [-0.39, 0.29) is 0 Å². The molecule has 0 spiro atoms. The Morgan fingerprint density at radius 3 is 2.38 bits per heavy atom. The fraction of sp³-hybridized carbons (Fsp3) is 0.478. The van der Waals surface area contributed by atoms with Gasteiger partial charge in [-0.25, -0.2) is 0 Å². The molecule has 2 bridgehead atoms. The Bertz CT molecular complexity index is 648. The molecule has 24 heavy (non-hydrogen) atoms. The van der Waals surface area contributed by atoms with Crippen LogP contribution in [0.2, 0.25) is 0 Å². The molecule has 1 nitrogen and oxygen atoms in total. The molecule has 1 heteroatoms. The van der Waals surface area contributed by atoms with Crippen molar-refractivity contribution < 1.29 is 0 Å². The van der Waals surface area contributed by atoms with Crippen LogP contribution < -0.4 is 0 Å². The molecular weight excluding hydrogens is 290 g/mol. The Hall–Kier alpha value is -1.60. The van der Waals surface area contributed by atoms with Crippen LogP contribution in [0.25, 0.3) is 0 Å². The van der Waals surface area contributed by atoms with Gasteiger partial charge in [0.2, 0.25) is 0 Å². The lowest BCUT2D eigenvalue weighted by Crippen LogP contribution is -2.46. The summed E-state index contributed by atoms with van der Waals surface area (Å²) in [5.41, 5.74) is 4.72. The summed E-state index contributed by atoms with van der Waals surface area (Å²) in [5.74, 6) is 0.872. The second-order valence-corrected chi connectivity index (χ2v) is 7.71. The molecule has 0 radical (unpaired) electrons. The minimum absolute atomic E-state index is 0.777. The molecule has 0 unspecified atom stereocenters. The maximum Gasteiger partial charge on any atom is 0.0136 e. The topological polar surface area (TPSA) is 3.24 Å². The van der Waals surface area contributed by atoms with E-state index < -0.39 is 0 Å². The second kappa shape index (κ2) is 7.53. The first-order chi connectivity index (χ1) is 11.9. The summed E-state index contributed by atoms with van der Waals surface area (Å²) in [4.78, 5) is 2.81. The summed E-state index contributed by atoms with van der Waals surface area (Å²) >= 11 is 0. The minimum atomic E-state index is 0.777. The van der Waals surface area contributed by atoms with E-state index in [1.807, 2.05) is 0 Å². The van der Waals surface area contributed by atoms with Crippen molar-refractivity contribution in [3.63, 3.8) is 0 Å². The van der Waals surface area contributed by atoms with Gasteiger partial charge < -0.3 is 0 Å². The zero-order valence-electron chi connectivity index (χ0n) is 14.7. The first-order valence-corrected chi connectivity index (χ1v) is 9.73. The summed E-state index contributed by atoms with van der Waals surface area (Å²) in [6.07, 6.45) is 9.27. The summed E-state index contributed by atoms with van der Waals surface area (Å²) in [6.45, 7) is 2.61. The highest BCUT2D eigenvalue weighted by Crippen LogP contribution is 2.32. The van der Waals surface area contributed by atoms with E-state index >= 15 is 0 Å². The molecule has 2 atom stereocenters. The fourth-order valence-corrected chi connectivity index (χ4v) is 4.66. The van der Waals surface area contributed by atoms with Gasteiger partial charge in [-0.1, -0.05) is 54.6 Å². The van der Waals surface area contributed by atoms with Gasteiger partial charge >= 0.3 is 0 Å². The third-order valence-electron chi connectivity index (χ3n) is 6.00. The molecule has 3 aliphatic rings. The number of piperidine rings is 1. The monoisotopic (exact) mass is 319 g/mol. The molecule has 0 aromatic heterocycles. The molecular formula is C23H29N. The Labute approximate surface area is 146 Å². The van der Waals surface area contributed by atoms with Gasteiger partial charge in [-0.05, 0) is 74.1 Å². The Morgan fingerprint density at radius 2 is 1.54 bits per heavy atom. The third-order valence-corrected chi connectivity index (χ3v) is 6.00. The van der Waals surface area contributed by atoms with Crippen molar-refractivity contribution in [3.05, 3.63) is 71.3 Å². The SMILES string of the molecule is c1ccc(CCCCN2C[C@H]3CC[C@@H]2Cc2ccccc2C3)cc1. The molecule has 0 N–H and O–H groups in total. The zero-order valence-corrected chi connectivity index (χ0v) is 14.7. The molecule has 1 fully saturated rings. The highest BCUT2D eigenvalue weighted by molar-refractivity contribution is 5.29. The fourth-order valence-electron chi connectivity index (χ4n) is 4.66. The van der Waals surface area contributed by atoms with Crippen molar-refractivity contribution in [3.8, 4) is 0 Å². The van der Waals surface area contributed by atoms with Crippen molar-refractivity contribution >= 4 is 0 Å². The Balaban J connectivity index is 1.33. The highest BCUT2D eigenvalue weighted by atomic mass is 15.2. The van der Waals surface area contributed by atoms with Gasteiger partial charge in [0.25, 0.3) is 0 Å². The first kappa shape index (κ1) is 15.9. The minimum Gasteiger partial charge on any atom is -0.300 e. The molecule has 2 heterocycles. The summed E-state index contributed by atoms with van der Waals surface area (Å²) in [6, 6.07) is 20.9. The summed E-state index contributed by atoms with van der Waals surface area (Å²) < 4.78 is 0. The predicted octanol–water partition coefficient (Wildman–Crippen LogP) is 4.89. The Morgan fingerprint density at radius 1 is 0.792 bits per heavy atom. The lowest BCUT2D eigenvalue weighted by atomic mass is 9.80. The van der Waals surface area contributed by atoms with E-state index in [0.29, 0.717) is 0 Å². The number of benzene rings is 2. The van der Waals surface area contributed by atoms with E-state index in [1.165, 1.54) is 63.6 Å². The largest absolute Gasteiger partial charge is 0.300 e. The standard InChI is InChI=1S/C23H29N/c1-2-8-19(9-3-1)10-6-7-15-24-18-20-13-14-23(24)17-22-12-5-4-11-21(22)16-20/h1-5,8-9,11-12,20,23H,6-7,10,13-18H2/t20-,23+/m0/s1. The van der Waals surface area contributed by atoms with Crippen molar-refractivity contribution in [1.82, 2.24) is 4.90 Å². The van der Waals surface area contributed by atoms with Crippen molar-refractivity contribution in [1.29, 1.82) is 0 Å². The quantitative estimate of drug-likeness (QED) is 0.709. The van der Waals surface area contributed by atoms with Crippen LogP contribution in [0, 0.1) is 5.92 Å². The normalized spacial score (nSPS) is 23.5. The van der Waals surface area contributed by atoms with Gasteiger partial charge in [-0.3, -0.25) is 4.90 Å². The van der Waals surface area contributed by atoms with Crippen LogP contribution in [0.1, 0.15) is 42.4 Å². The van der Waals surface area contributed by atoms with Gasteiger partial charge in [0, 0.05) is 12.6 Å². The van der Waals surface area contributed by atoms with Crippen LogP contribution in [0.5, 0.6) is 0 Å². The van der Waals surface area contributed by atoms with Crippen LogP contribution in [0.15, 0.2) is 54.6 Å². The number of nitrogens with zero attached hydrogens (tertiary/aromatic N) is 1. The van der Waals surface area contributed by atoms with Crippen LogP contribution in [-0.2, 0) is 19.3 Å². The maximum absolute atomic E-state index is 2.81.